The fourth-order valence-electron chi connectivity index (χ4n) is 4.12. The quantitative estimate of drug-likeness (QED) is 0.529. The fraction of sp³-hybridized carbons (Fsp3) is 0.269. The summed E-state index contributed by atoms with van der Waals surface area (Å²) in [6.07, 6.45) is 3.55. The van der Waals surface area contributed by atoms with Gasteiger partial charge in [0.2, 0.25) is 0 Å². The number of aromatic nitrogens is 1. The smallest absolute Gasteiger partial charge is 0.313 e. The molecular formula is C26H29N5O3. The Morgan fingerprint density at radius 2 is 1.76 bits per heavy atom. The van der Waals surface area contributed by atoms with E-state index in [2.05, 4.69) is 37.6 Å². The third-order valence-corrected chi connectivity index (χ3v) is 5.94. The molecular weight excluding hydrogens is 430 g/mol. The van der Waals surface area contributed by atoms with Crippen LogP contribution in [0.4, 0.5) is 11.4 Å². The summed E-state index contributed by atoms with van der Waals surface area (Å²) in [6.45, 7) is 3.73. The zero-order valence-corrected chi connectivity index (χ0v) is 19.2. The Hall–Kier alpha value is -3.91. The van der Waals surface area contributed by atoms with Crippen molar-refractivity contribution in [2.75, 3.05) is 50.1 Å². The molecule has 1 aliphatic rings. The Morgan fingerprint density at radius 3 is 2.47 bits per heavy atom. The highest BCUT2D eigenvalue weighted by Crippen LogP contribution is 2.23. The lowest BCUT2D eigenvalue weighted by Gasteiger charge is -2.40. The Balaban J connectivity index is 1.38. The van der Waals surface area contributed by atoms with Gasteiger partial charge >= 0.3 is 11.8 Å². The molecule has 4 rings (SSSR count). The molecule has 0 unspecified atom stereocenters. The van der Waals surface area contributed by atoms with Crippen LogP contribution in [0, 0.1) is 0 Å². The number of hydrogen-bond acceptors (Lipinski definition) is 6. The molecule has 1 aliphatic heterocycles. The minimum atomic E-state index is -0.716. The number of benzene rings is 2. The summed E-state index contributed by atoms with van der Waals surface area (Å²) in [5.41, 5.74) is 2.71. The number of ether oxygens (including phenoxy) is 1. The number of rotatable bonds is 7. The number of carbonyl (C=O) groups excluding carboxylic acids is 2. The summed E-state index contributed by atoms with van der Waals surface area (Å²) in [4.78, 5) is 33.9. The minimum Gasteiger partial charge on any atom is -0.497 e. The van der Waals surface area contributed by atoms with E-state index in [1.807, 2.05) is 36.5 Å². The average Bonchev–Trinajstić information content (AvgIpc) is 2.90. The highest BCUT2D eigenvalue weighted by molar-refractivity contribution is 6.39. The van der Waals surface area contributed by atoms with Crippen LogP contribution in [0.25, 0.3) is 0 Å². The first-order valence-electron chi connectivity index (χ1n) is 11.3. The van der Waals surface area contributed by atoms with E-state index in [1.165, 1.54) is 5.69 Å². The van der Waals surface area contributed by atoms with Crippen LogP contribution >= 0.6 is 0 Å². The van der Waals surface area contributed by atoms with Crippen molar-refractivity contribution >= 4 is 23.2 Å². The van der Waals surface area contributed by atoms with Crippen LogP contribution in [0.5, 0.6) is 5.75 Å². The fourth-order valence-corrected chi connectivity index (χ4v) is 4.12. The van der Waals surface area contributed by atoms with Gasteiger partial charge in [-0.2, -0.15) is 0 Å². The zero-order chi connectivity index (χ0) is 23.8. The van der Waals surface area contributed by atoms with Crippen LogP contribution in [0.3, 0.4) is 0 Å². The molecule has 2 N–H and O–H groups in total. The normalized spacial score (nSPS) is 14.8. The number of amides is 2. The Kier molecular flexibility index (Phi) is 7.72. The Labute approximate surface area is 199 Å². The molecule has 1 fully saturated rings. The van der Waals surface area contributed by atoms with Crippen molar-refractivity contribution in [3.05, 3.63) is 84.7 Å². The number of anilines is 2. The molecule has 176 valence electrons. The van der Waals surface area contributed by atoms with E-state index in [0.29, 0.717) is 18.0 Å². The maximum Gasteiger partial charge on any atom is 0.313 e. The minimum absolute atomic E-state index is 0.0832. The summed E-state index contributed by atoms with van der Waals surface area (Å²) < 4.78 is 5.16. The van der Waals surface area contributed by atoms with Gasteiger partial charge in [-0.1, -0.05) is 30.3 Å². The predicted octanol–water partition coefficient (Wildman–Crippen LogP) is 2.71. The number of methoxy groups -OCH3 is 1. The van der Waals surface area contributed by atoms with Crippen LogP contribution in [-0.4, -0.2) is 61.5 Å². The van der Waals surface area contributed by atoms with E-state index in [1.54, 1.807) is 37.6 Å². The van der Waals surface area contributed by atoms with Crippen LogP contribution in [-0.2, 0) is 9.59 Å². The van der Waals surface area contributed by atoms with Crippen molar-refractivity contribution in [1.29, 1.82) is 0 Å². The molecule has 0 aliphatic carbocycles. The number of hydrogen-bond donors (Lipinski definition) is 2. The molecule has 8 nitrogen and oxygen atoms in total. The summed E-state index contributed by atoms with van der Waals surface area (Å²) in [5, 5.41) is 5.42. The first kappa shape index (κ1) is 23.3. The van der Waals surface area contributed by atoms with E-state index in [4.69, 9.17) is 4.74 Å². The molecule has 0 saturated carbocycles. The van der Waals surface area contributed by atoms with Gasteiger partial charge in [-0.25, -0.2) is 0 Å². The van der Waals surface area contributed by atoms with E-state index >= 15 is 0 Å². The van der Waals surface area contributed by atoms with Gasteiger partial charge < -0.3 is 20.3 Å². The van der Waals surface area contributed by atoms with Crippen molar-refractivity contribution in [1.82, 2.24) is 15.2 Å². The summed E-state index contributed by atoms with van der Waals surface area (Å²) in [5.74, 6) is -0.795. The van der Waals surface area contributed by atoms with Crippen LogP contribution < -0.4 is 20.3 Å². The second-order valence-electron chi connectivity index (χ2n) is 8.06. The monoisotopic (exact) mass is 459 g/mol. The average molecular weight is 460 g/mol. The molecule has 1 aromatic heterocycles. The second kappa shape index (κ2) is 11.3. The highest BCUT2D eigenvalue weighted by Gasteiger charge is 2.26. The highest BCUT2D eigenvalue weighted by atomic mass is 16.5. The number of nitrogens with one attached hydrogen (secondary N) is 2. The van der Waals surface area contributed by atoms with Gasteiger partial charge in [0.25, 0.3) is 0 Å². The summed E-state index contributed by atoms with van der Waals surface area (Å²) in [7, 11) is 1.55. The van der Waals surface area contributed by atoms with Gasteiger partial charge in [-0.15, -0.1) is 0 Å². The molecule has 1 atom stereocenters. The van der Waals surface area contributed by atoms with Gasteiger partial charge in [-0.3, -0.25) is 19.5 Å². The first-order valence-corrected chi connectivity index (χ1v) is 11.3. The third-order valence-electron chi connectivity index (χ3n) is 5.94. The standard InChI is InChI=1S/C26H29N5O3/c1-34-23-11-5-8-21(17-23)29-26(33)25(32)28-19-24(20-7-6-12-27-18-20)31-15-13-30(14-16-31)22-9-3-2-4-10-22/h2-12,17-18,24H,13-16,19H2,1H3,(H,28,32)(H,29,33)/t24-/m1/s1. The lowest BCUT2D eigenvalue weighted by molar-refractivity contribution is -0.136. The van der Waals surface area contributed by atoms with Gasteiger partial charge in [0.15, 0.2) is 0 Å². The van der Waals surface area contributed by atoms with Crippen molar-refractivity contribution in [3.8, 4) is 5.75 Å². The van der Waals surface area contributed by atoms with Crippen LogP contribution in [0.2, 0.25) is 0 Å². The molecule has 0 bridgehead atoms. The molecule has 3 aromatic rings. The lowest BCUT2D eigenvalue weighted by Crippen LogP contribution is -2.50. The molecule has 2 heterocycles. The van der Waals surface area contributed by atoms with E-state index in [9.17, 15) is 9.59 Å². The number of para-hydroxylation sites is 1. The van der Waals surface area contributed by atoms with Crippen molar-refractivity contribution in [2.45, 2.75) is 6.04 Å². The summed E-state index contributed by atoms with van der Waals surface area (Å²) in [6, 6.07) is 21.1. The summed E-state index contributed by atoms with van der Waals surface area (Å²) >= 11 is 0. The largest absolute Gasteiger partial charge is 0.497 e. The van der Waals surface area contributed by atoms with Crippen molar-refractivity contribution in [2.24, 2.45) is 0 Å². The number of nitrogens with zero attached hydrogens (tertiary/aromatic N) is 3. The molecule has 0 spiro atoms. The molecule has 2 amide bonds. The van der Waals surface area contributed by atoms with Crippen LogP contribution in [0.1, 0.15) is 11.6 Å². The molecule has 8 heteroatoms. The second-order valence-corrected chi connectivity index (χ2v) is 8.06. The number of pyridine rings is 1. The van der Waals surface area contributed by atoms with Gasteiger partial charge in [0.1, 0.15) is 5.75 Å². The maximum absolute atomic E-state index is 12.6. The molecule has 0 radical (unpaired) electrons. The van der Waals surface area contributed by atoms with E-state index < -0.39 is 11.8 Å². The van der Waals surface area contributed by atoms with Crippen LogP contribution in [0.15, 0.2) is 79.1 Å². The van der Waals surface area contributed by atoms with Gasteiger partial charge in [0, 0.05) is 62.6 Å². The SMILES string of the molecule is COc1cccc(NC(=O)C(=O)NC[C@H](c2cccnc2)N2CCN(c3ccccc3)CC2)c1. The van der Waals surface area contributed by atoms with Gasteiger partial charge in [0.05, 0.1) is 13.2 Å². The Morgan fingerprint density at radius 1 is 0.971 bits per heavy atom. The first-order chi connectivity index (χ1) is 16.6. The topological polar surface area (TPSA) is 86.8 Å². The zero-order valence-electron chi connectivity index (χ0n) is 19.2. The Bertz CT molecular complexity index is 1090. The predicted molar refractivity (Wildman–Crippen MR) is 132 cm³/mol. The molecule has 2 aromatic carbocycles. The lowest BCUT2D eigenvalue weighted by atomic mass is 10.1. The van der Waals surface area contributed by atoms with Gasteiger partial charge in [-0.05, 0) is 35.9 Å². The molecule has 34 heavy (non-hydrogen) atoms. The van der Waals surface area contributed by atoms with Crippen molar-refractivity contribution < 1.29 is 14.3 Å². The number of piperazine rings is 1. The molecule has 1 saturated heterocycles. The van der Waals surface area contributed by atoms with E-state index in [-0.39, 0.29) is 6.04 Å². The van der Waals surface area contributed by atoms with E-state index in [0.717, 1.165) is 31.7 Å². The van der Waals surface area contributed by atoms with Crippen molar-refractivity contribution in [3.63, 3.8) is 0 Å². The third kappa shape index (κ3) is 5.90. The maximum atomic E-state index is 12.6. The number of carbonyl (C=O) groups is 2.